The van der Waals surface area contributed by atoms with Crippen LogP contribution in [0.15, 0.2) is 53.0 Å². The molecule has 1 amide bonds. The highest BCUT2D eigenvalue weighted by atomic mass is 79.9. The molecule has 0 bridgehead atoms. The molecule has 2 aliphatic rings. The molecule has 2 saturated heterocycles. The first-order chi connectivity index (χ1) is 13.9. The molecule has 0 unspecified atom stereocenters. The van der Waals surface area contributed by atoms with Gasteiger partial charge in [0.1, 0.15) is 0 Å². The van der Waals surface area contributed by atoms with Crippen LogP contribution in [0.5, 0.6) is 0 Å². The van der Waals surface area contributed by atoms with Crippen molar-refractivity contribution < 1.29 is 9.90 Å². The molecule has 2 aromatic carbocycles. The minimum atomic E-state index is -0.570. The van der Waals surface area contributed by atoms with Gasteiger partial charge in [-0.1, -0.05) is 58.7 Å². The number of amides is 1. The summed E-state index contributed by atoms with van der Waals surface area (Å²) in [5, 5.41) is 11.5. The summed E-state index contributed by atoms with van der Waals surface area (Å²) >= 11 is 9.50. The Labute approximate surface area is 185 Å². The van der Waals surface area contributed by atoms with Crippen molar-refractivity contribution in [3.63, 3.8) is 0 Å². The average molecular weight is 478 g/mol. The summed E-state index contributed by atoms with van der Waals surface area (Å²) < 4.78 is 1.04. The van der Waals surface area contributed by atoms with Crippen LogP contribution >= 0.6 is 27.5 Å². The summed E-state index contributed by atoms with van der Waals surface area (Å²) in [5.74, 6) is 0.542. The number of fused-ring (bicyclic) bond motifs is 1. The van der Waals surface area contributed by atoms with E-state index in [1.807, 2.05) is 29.2 Å². The zero-order chi connectivity index (χ0) is 20.5. The van der Waals surface area contributed by atoms with Crippen molar-refractivity contribution >= 4 is 33.4 Å². The van der Waals surface area contributed by atoms with Crippen molar-refractivity contribution in [3.05, 3.63) is 69.2 Å². The Morgan fingerprint density at radius 3 is 2.45 bits per heavy atom. The first kappa shape index (κ1) is 20.9. The molecule has 154 valence electrons. The highest BCUT2D eigenvalue weighted by molar-refractivity contribution is 9.10. The van der Waals surface area contributed by atoms with Crippen LogP contribution in [0, 0.1) is 5.92 Å². The number of benzene rings is 2. The average Bonchev–Trinajstić information content (AvgIpc) is 2.81. The van der Waals surface area contributed by atoms with Crippen LogP contribution in [0.1, 0.15) is 36.9 Å². The second-order valence-electron chi connectivity index (χ2n) is 8.26. The molecule has 2 aromatic rings. The quantitative estimate of drug-likeness (QED) is 0.700. The fourth-order valence-electron chi connectivity index (χ4n) is 4.76. The molecular weight excluding hydrogens is 452 g/mol. The van der Waals surface area contributed by atoms with E-state index in [4.69, 9.17) is 11.6 Å². The zero-order valence-electron chi connectivity index (χ0n) is 16.5. The number of halogens is 2. The molecule has 6 heteroatoms. The van der Waals surface area contributed by atoms with E-state index in [0.717, 1.165) is 22.9 Å². The van der Waals surface area contributed by atoms with Crippen molar-refractivity contribution in [2.24, 2.45) is 5.92 Å². The van der Waals surface area contributed by atoms with E-state index in [1.54, 1.807) is 0 Å². The van der Waals surface area contributed by atoms with Crippen molar-refractivity contribution in [1.82, 2.24) is 9.80 Å². The molecule has 0 saturated carbocycles. The minimum absolute atomic E-state index is 0.116. The summed E-state index contributed by atoms with van der Waals surface area (Å²) in [6.07, 6.45) is 1.26. The number of aliphatic hydroxyl groups excluding tert-OH is 1. The van der Waals surface area contributed by atoms with E-state index in [0.29, 0.717) is 30.6 Å². The van der Waals surface area contributed by atoms with Gasteiger partial charge in [0.15, 0.2) is 0 Å². The molecule has 0 spiro atoms. The highest BCUT2D eigenvalue weighted by Crippen LogP contribution is 2.40. The summed E-state index contributed by atoms with van der Waals surface area (Å²) in [4.78, 5) is 17.5. The Morgan fingerprint density at radius 1 is 1.07 bits per heavy atom. The fourth-order valence-corrected chi connectivity index (χ4v) is 5.15. The van der Waals surface area contributed by atoms with Gasteiger partial charge in [-0.3, -0.25) is 9.69 Å². The Hall–Kier alpha value is -1.40. The number of carbonyl (C=O) groups is 1. The predicted octanol–water partition coefficient (Wildman–Crippen LogP) is 4.65. The van der Waals surface area contributed by atoms with Crippen LogP contribution in [0.4, 0.5) is 0 Å². The Balaban J connectivity index is 1.60. The van der Waals surface area contributed by atoms with Crippen molar-refractivity contribution in [2.75, 3.05) is 13.1 Å². The summed E-state index contributed by atoms with van der Waals surface area (Å²) in [5.41, 5.74) is 2.23. The molecule has 1 N–H and O–H groups in total. The van der Waals surface area contributed by atoms with Crippen molar-refractivity contribution in [3.8, 4) is 0 Å². The molecule has 0 aliphatic carbocycles. The van der Waals surface area contributed by atoms with E-state index in [2.05, 4.69) is 52.0 Å². The molecule has 2 fully saturated rings. The second kappa shape index (κ2) is 8.76. The number of aliphatic hydroxyl groups is 1. The van der Waals surface area contributed by atoms with Gasteiger partial charge < -0.3 is 10.0 Å². The summed E-state index contributed by atoms with van der Waals surface area (Å²) in [7, 11) is 0. The lowest BCUT2D eigenvalue weighted by atomic mass is 9.82. The SMILES string of the molecule is C[C@@H]1CC[C@H]2C(=O)N(Cc3ccc(Cl)cc3)C[C@H](O)CN2[C@H]1c1ccc(Br)cc1. The lowest BCUT2D eigenvalue weighted by molar-refractivity contribution is -0.139. The number of nitrogens with zero attached hydrogens (tertiary/aromatic N) is 2. The molecule has 4 nitrogen and oxygen atoms in total. The maximum atomic E-state index is 13.5. The Bertz CT molecular complexity index is 858. The molecule has 4 atom stereocenters. The molecule has 4 rings (SSSR count). The number of piperidine rings is 1. The van der Waals surface area contributed by atoms with Crippen LogP contribution in [0.3, 0.4) is 0 Å². The van der Waals surface area contributed by atoms with Gasteiger partial charge in [-0.2, -0.15) is 0 Å². The maximum absolute atomic E-state index is 13.5. The third-order valence-electron chi connectivity index (χ3n) is 6.14. The molecule has 2 aliphatic heterocycles. The van der Waals surface area contributed by atoms with Crippen LogP contribution in [0.25, 0.3) is 0 Å². The van der Waals surface area contributed by atoms with Gasteiger partial charge in [-0.15, -0.1) is 0 Å². The molecular formula is C23H26BrClN2O2. The van der Waals surface area contributed by atoms with Gasteiger partial charge in [-0.25, -0.2) is 0 Å². The van der Waals surface area contributed by atoms with Crippen molar-refractivity contribution in [2.45, 2.75) is 44.5 Å². The van der Waals surface area contributed by atoms with E-state index >= 15 is 0 Å². The molecule has 2 heterocycles. The van der Waals surface area contributed by atoms with E-state index in [-0.39, 0.29) is 18.0 Å². The number of rotatable bonds is 3. The van der Waals surface area contributed by atoms with Crippen LogP contribution < -0.4 is 0 Å². The maximum Gasteiger partial charge on any atom is 0.240 e. The van der Waals surface area contributed by atoms with Crippen LogP contribution in [0.2, 0.25) is 5.02 Å². The molecule has 29 heavy (non-hydrogen) atoms. The number of hydrogen-bond acceptors (Lipinski definition) is 3. The number of carbonyl (C=O) groups excluding carboxylic acids is 1. The van der Waals surface area contributed by atoms with Crippen LogP contribution in [-0.2, 0) is 11.3 Å². The van der Waals surface area contributed by atoms with Crippen molar-refractivity contribution in [1.29, 1.82) is 0 Å². The van der Waals surface area contributed by atoms with Gasteiger partial charge in [0.25, 0.3) is 0 Å². The largest absolute Gasteiger partial charge is 0.390 e. The van der Waals surface area contributed by atoms with E-state index in [9.17, 15) is 9.90 Å². The third kappa shape index (κ3) is 4.53. The molecule has 0 aromatic heterocycles. The van der Waals surface area contributed by atoms with Crippen LogP contribution in [-0.4, -0.2) is 46.0 Å². The van der Waals surface area contributed by atoms with Gasteiger partial charge in [0.2, 0.25) is 5.91 Å². The van der Waals surface area contributed by atoms with Gasteiger partial charge in [-0.05, 0) is 54.2 Å². The fraction of sp³-hybridized carbons (Fsp3) is 0.435. The number of hydrogen-bond donors (Lipinski definition) is 1. The lowest BCUT2D eigenvalue weighted by Crippen LogP contribution is -2.51. The normalized spacial score (nSPS) is 28.1. The predicted molar refractivity (Wildman–Crippen MR) is 119 cm³/mol. The topological polar surface area (TPSA) is 43.8 Å². The third-order valence-corrected chi connectivity index (χ3v) is 6.92. The Kier molecular flexibility index (Phi) is 6.30. The van der Waals surface area contributed by atoms with Gasteiger partial charge in [0, 0.05) is 35.2 Å². The second-order valence-corrected chi connectivity index (χ2v) is 9.61. The first-order valence-corrected chi connectivity index (χ1v) is 11.3. The monoisotopic (exact) mass is 476 g/mol. The molecule has 0 radical (unpaired) electrons. The highest BCUT2D eigenvalue weighted by Gasteiger charge is 2.44. The number of β-amino-alcohol motifs (C(OH)–C–C–N with tert-alkyl or cyclic N) is 1. The van der Waals surface area contributed by atoms with E-state index < -0.39 is 6.10 Å². The Morgan fingerprint density at radius 2 is 1.76 bits per heavy atom. The first-order valence-electron chi connectivity index (χ1n) is 10.1. The summed E-state index contributed by atoms with van der Waals surface area (Å²) in [6, 6.07) is 15.9. The lowest BCUT2D eigenvalue weighted by Gasteiger charge is -2.44. The van der Waals surface area contributed by atoms with E-state index in [1.165, 1.54) is 5.56 Å². The smallest absolute Gasteiger partial charge is 0.240 e. The van der Waals surface area contributed by atoms with Gasteiger partial charge in [0.05, 0.1) is 12.1 Å². The summed E-state index contributed by atoms with van der Waals surface area (Å²) in [6.45, 7) is 3.61. The zero-order valence-corrected chi connectivity index (χ0v) is 18.8. The van der Waals surface area contributed by atoms with Gasteiger partial charge >= 0.3 is 0 Å². The standard InChI is InChI=1S/C23H26BrClN2O2/c1-15-2-11-21-23(29)26(12-16-3-9-19(25)10-4-16)13-20(28)14-27(21)22(15)17-5-7-18(24)8-6-17/h3-10,15,20-22,28H,2,11-14H2,1H3/t15-,20+,21+,22-/m1/s1. The minimum Gasteiger partial charge on any atom is -0.390 e.